The first-order valence-corrected chi connectivity index (χ1v) is 6.13. The highest BCUT2D eigenvalue weighted by Gasteiger charge is 2.17. The van der Waals surface area contributed by atoms with Gasteiger partial charge >= 0.3 is 5.97 Å². The van der Waals surface area contributed by atoms with Crippen molar-refractivity contribution in [3.8, 4) is 0 Å². The maximum absolute atomic E-state index is 13.3. The first-order valence-electron chi connectivity index (χ1n) is 5.25. The van der Waals surface area contributed by atoms with Gasteiger partial charge in [-0.3, -0.25) is 14.9 Å². The first-order chi connectivity index (χ1) is 9.47. The highest BCUT2D eigenvalue weighted by atomic mass is 32.1. The van der Waals surface area contributed by atoms with E-state index in [2.05, 4.69) is 15.3 Å². The summed E-state index contributed by atoms with van der Waals surface area (Å²) in [7, 11) is 0. The number of nitrogens with zero attached hydrogens (tertiary/aromatic N) is 2. The van der Waals surface area contributed by atoms with Gasteiger partial charge in [-0.25, -0.2) is 14.4 Å². The van der Waals surface area contributed by atoms with Gasteiger partial charge in [0.25, 0.3) is 5.91 Å². The number of pyridine rings is 1. The van der Waals surface area contributed by atoms with Crippen LogP contribution in [0.4, 0.5) is 13.9 Å². The summed E-state index contributed by atoms with van der Waals surface area (Å²) in [5.74, 6) is -4.67. The van der Waals surface area contributed by atoms with E-state index in [4.69, 9.17) is 5.11 Å². The number of carbonyl (C=O) groups is 2. The zero-order valence-electron chi connectivity index (χ0n) is 9.76. The zero-order valence-corrected chi connectivity index (χ0v) is 10.6. The smallest absolute Gasteiger partial charge is 0.309 e. The minimum absolute atomic E-state index is 0.0999. The molecule has 0 fully saturated rings. The number of rotatable bonds is 4. The molecule has 0 aliphatic carbocycles. The molecule has 0 saturated carbocycles. The summed E-state index contributed by atoms with van der Waals surface area (Å²) in [4.78, 5) is 29.1. The maximum atomic E-state index is 13.3. The van der Waals surface area contributed by atoms with Crippen molar-refractivity contribution in [3.63, 3.8) is 0 Å². The Labute approximate surface area is 115 Å². The number of anilines is 1. The molecule has 1 amide bonds. The maximum Gasteiger partial charge on any atom is 0.309 e. The predicted octanol–water partition coefficient (Wildman–Crippen LogP) is 1.70. The molecule has 2 N–H and O–H groups in total. The van der Waals surface area contributed by atoms with Crippen LogP contribution in [0.25, 0.3) is 0 Å². The van der Waals surface area contributed by atoms with Crippen LogP contribution in [-0.2, 0) is 11.2 Å². The van der Waals surface area contributed by atoms with Crippen LogP contribution < -0.4 is 5.32 Å². The number of aliphatic carboxylic acids is 1. The van der Waals surface area contributed by atoms with E-state index in [1.54, 1.807) is 0 Å². The fourth-order valence-electron chi connectivity index (χ4n) is 1.36. The molecule has 0 aromatic carbocycles. The van der Waals surface area contributed by atoms with Crippen molar-refractivity contribution in [1.29, 1.82) is 0 Å². The lowest BCUT2D eigenvalue weighted by Crippen LogP contribution is -2.15. The summed E-state index contributed by atoms with van der Waals surface area (Å²) in [6, 6.07) is 1.03. The minimum Gasteiger partial charge on any atom is -0.481 e. The summed E-state index contributed by atoms with van der Waals surface area (Å²) >= 11 is 0.986. The van der Waals surface area contributed by atoms with E-state index in [-0.39, 0.29) is 17.2 Å². The topological polar surface area (TPSA) is 92.2 Å². The van der Waals surface area contributed by atoms with Crippen LogP contribution in [0, 0.1) is 11.8 Å². The lowest BCUT2D eigenvalue weighted by Gasteiger charge is -2.02. The Balaban J connectivity index is 2.13. The second kappa shape index (κ2) is 5.70. The average molecular weight is 299 g/mol. The molecule has 0 saturated heterocycles. The molecule has 104 valence electrons. The Bertz CT molecular complexity index is 675. The molecule has 0 bridgehead atoms. The standard InChI is InChI=1S/C11H7F2N3O3S/c12-8-6(1-2-14-9(8)13)10(19)16-11-15-5(4-20-11)3-7(17)18/h1-2,4H,3H2,(H,17,18)(H,15,16,19). The van der Waals surface area contributed by atoms with E-state index in [9.17, 15) is 18.4 Å². The van der Waals surface area contributed by atoms with Gasteiger partial charge < -0.3 is 5.11 Å². The summed E-state index contributed by atoms with van der Waals surface area (Å²) < 4.78 is 26.2. The number of hydrogen-bond donors (Lipinski definition) is 2. The molecule has 0 unspecified atom stereocenters. The number of aromatic nitrogens is 2. The van der Waals surface area contributed by atoms with E-state index in [1.165, 1.54) is 5.38 Å². The van der Waals surface area contributed by atoms with Crippen molar-refractivity contribution in [1.82, 2.24) is 9.97 Å². The molecule has 0 atom stereocenters. The van der Waals surface area contributed by atoms with Crippen molar-refractivity contribution in [2.45, 2.75) is 6.42 Å². The SMILES string of the molecule is O=C(O)Cc1csc(NC(=O)c2ccnc(F)c2F)n1. The number of amides is 1. The van der Waals surface area contributed by atoms with Crippen LogP contribution in [0.1, 0.15) is 16.1 Å². The summed E-state index contributed by atoms with van der Waals surface area (Å²) in [6.07, 6.45) is 0.676. The lowest BCUT2D eigenvalue weighted by molar-refractivity contribution is -0.136. The number of nitrogens with one attached hydrogen (secondary N) is 1. The Morgan fingerprint density at radius 3 is 2.85 bits per heavy atom. The molecule has 0 radical (unpaired) electrons. The van der Waals surface area contributed by atoms with Crippen molar-refractivity contribution >= 4 is 28.3 Å². The fraction of sp³-hybridized carbons (Fsp3) is 0.0909. The van der Waals surface area contributed by atoms with Gasteiger partial charge in [-0.05, 0) is 6.07 Å². The molecule has 2 aromatic rings. The van der Waals surface area contributed by atoms with Crippen molar-refractivity contribution in [3.05, 3.63) is 40.7 Å². The third-order valence-electron chi connectivity index (χ3n) is 2.20. The van der Waals surface area contributed by atoms with Gasteiger partial charge in [0.1, 0.15) is 0 Å². The van der Waals surface area contributed by atoms with Crippen LogP contribution in [-0.4, -0.2) is 27.0 Å². The van der Waals surface area contributed by atoms with Gasteiger partial charge in [-0.2, -0.15) is 4.39 Å². The van der Waals surface area contributed by atoms with Crippen molar-refractivity contribution < 1.29 is 23.5 Å². The Morgan fingerprint density at radius 2 is 2.15 bits per heavy atom. The van der Waals surface area contributed by atoms with Crippen molar-refractivity contribution in [2.75, 3.05) is 5.32 Å². The van der Waals surface area contributed by atoms with E-state index < -0.39 is 29.2 Å². The molecule has 9 heteroatoms. The van der Waals surface area contributed by atoms with E-state index >= 15 is 0 Å². The third-order valence-corrected chi connectivity index (χ3v) is 3.00. The second-order valence-electron chi connectivity index (χ2n) is 3.63. The monoisotopic (exact) mass is 299 g/mol. The summed E-state index contributed by atoms with van der Waals surface area (Å²) in [6.45, 7) is 0. The molecule has 0 aliphatic heterocycles. The van der Waals surface area contributed by atoms with Crippen LogP contribution >= 0.6 is 11.3 Å². The molecule has 0 aliphatic rings. The minimum atomic E-state index is -1.37. The molecule has 6 nitrogen and oxygen atoms in total. The zero-order chi connectivity index (χ0) is 14.7. The predicted molar refractivity (Wildman–Crippen MR) is 65.6 cm³/mol. The van der Waals surface area contributed by atoms with Crippen molar-refractivity contribution in [2.24, 2.45) is 0 Å². The van der Waals surface area contributed by atoms with Crippen LogP contribution in [0.3, 0.4) is 0 Å². The molecular weight excluding hydrogens is 292 g/mol. The largest absolute Gasteiger partial charge is 0.481 e. The summed E-state index contributed by atoms with van der Waals surface area (Å²) in [5, 5.41) is 12.4. The number of halogens is 2. The number of carbonyl (C=O) groups excluding carboxylic acids is 1. The number of carboxylic acids is 1. The highest BCUT2D eigenvalue weighted by molar-refractivity contribution is 7.14. The number of thiazole rings is 1. The van der Waals surface area contributed by atoms with E-state index in [0.29, 0.717) is 0 Å². The molecule has 0 spiro atoms. The summed E-state index contributed by atoms with van der Waals surface area (Å²) in [5.41, 5.74) is -0.244. The molecule has 20 heavy (non-hydrogen) atoms. The lowest BCUT2D eigenvalue weighted by atomic mass is 10.2. The van der Waals surface area contributed by atoms with E-state index in [1.807, 2.05) is 0 Å². The number of carboxylic acid groups (broad SMARTS) is 1. The third kappa shape index (κ3) is 3.12. The van der Waals surface area contributed by atoms with Crippen LogP contribution in [0.2, 0.25) is 0 Å². The van der Waals surface area contributed by atoms with Gasteiger partial charge in [0, 0.05) is 11.6 Å². The fourth-order valence-corrected chi connectivity index (χ4v) is 2.06. The second-order valence-corrected chi connectivity index (χ2v) is 4.49. The first kappa shape index (κ1) is 14.0. The normalized spacial score (nSPS) is 10.3. The Kier molecular flexibility index (Phi) is 3.99. The highest BCUT2D eigenvalue weighted by Crippen LogP contribution is 2.18. The van der Waals surface area contributed by atoms with Gasteiger partial charge in [0.15, 0.2) is 10.9 Å². The Morgan fingerprint density at radius 1 is 1.40 bits per heavy atom. The molecule has 2 heterocycles. The van der Waals surface area contributed by atoms with Gasteiger partial charge in [0.05, 0.1) is 17.7 Å². The molecular formula is C11H7F2N3O3S. The molecule has 2 aromatic heterocycles. The van der Waals surface area contributed by atoms with Gasteiger partial charge in [-0.15, -0.1) is 11.3 Å². The quantitative estimate of drug-likeness (QED) is 0.838. The van der Waals surface area contributed by atoms with Gasteiger partial charge in [-0.1, -0.05) is 0 Å². The van der Waals surface area contributed by atoms with Gasteiger partial charge in [0.2, 0.25) is 5.95 Å². The van der Waals surface area contributed by atoms with E-state index in [0.717, 1.165) is 23.6 Å². The average Bonchev–Trinajstić information content (AvgIpc) is 2.79. The number of hydrogen-bond acceptors (Lipinski definition) is 5. The molecule has 2 rings (SSSR count). The van der Waals surface area contributed by atoms with Crippen LogP contribution in [0.5, 0.6) is 0 Å². The van der Waals surface area contributed by atoms with Crippen LogP contribution in [0.15, 0.2) is 17.6 Å². The Hall–Kier alpha value is -2.42.